The minimum Gasteiger partial charge on any atom is -0.474 e. The molecule has 1 N–H and O–H groups in total. The zero-order valence-electron chi connectivity index (χ0n) is 7.78. The summed E-state index contributed by atoms with van der Waals surface area (Å²) in [6.45, 7) is 0. The predicted octanol–water partition coefficient (Wildman–Crippen LogP) is 2.32. The van der Waals surface area contributed by atoms with Crippen LogP contribution < -0.4 is 0 Å². The normalized spacial score (nSPS) is 10.4. The van der Waals surface area contributed by atoms with Gasteiger partial charge in [-0.1, -0.05) is 0 Å². The molecule has 16 heavy (non-hydrogen) atoms. The monoisotopic (exact) mass is 225 g/mol. The third kappa shape index (κ3) is 1.77. The van der Waals surface area contributed by atoms with Gasteiger partial charge >= 0.3 is 11.9 Å². The highest BCUT2D eigenvalue weighted by Gasteiger charge is 2.13. The van der Waals surface area contributed by atoms with Crippen molar-refractivity contribution >= 4 is 5.97 Å². The number of aromatic carboxylic acids is 1. The zero-order valence-corrected chi connectivity index (χ0v) is 7.78. The molecule has 82 valence electrons. The van der Waals surface area contributed by atoms with Crippen LogP contribution in [-0.2, 0) is 0 Å². The van der Waals surface area contributed by atoms with Gasteiger partial charge in [-0.05, 0) is 18.2 Å². The first kappa shape index (κ1) is 10.3. The third-order valence-corrected chi connectivity index (χ3v) is 1.89. The number of carbonyl (C=O) groups is 1. The van der Waals surface area contributed by atoms with E-state index in [1.165, 1.54) is 6.07 Å². The molecule has 0 spiro atoms. The van der Waals surface area contributed by atoms with Crippen LogP contribution in [0.15, 0.2) is 28.8 Å². The van der Waals surface area contributed by atoms with E-state index in [1.54, 1.807) is 0 Å². The van der Waals surface area contributed by atoms with Crippen LogP contribution in [-0.4, -0.2) is 16.1 Å². The van der Waals surface area contributed by atoms with Crippen molar-refractivity contribution in [3.05, 3.63) is 41.9 Å². The summed E-state index contributed by atoms with van der Waals surface area (Å²) in [5, 5.41) is 8.55. The fraction of sp³-hybridized carbons (Fsp3) is 0. The molecule has 6 heteroatoms. The van der Waals surface area contributed by atoms with Crippen LogP contribution in [0.4, 0.5) is 8.78 Å². The molecule has 0 aliphatic carbocycles. The fourth-order valence-electron chi connectivity index (χ4n) is 1.16. The number of carboxylic acids is 1. The average molecular weight is 225 g/mol. The zero-order chi connectivity index (χ0) is 11.7. The lowest BCUT2D eigenvalue weighted by Gasteiger charge is -1.96. The predicted molar refractivity (Wildman–Crippen MR) is 48.8 cm³/mol. The van der Waals surface area contributed by atoms with Gasteiger partial charge in [0.1, 0.15) is 0 Å². The molecule has 0 fully saturated rings. The van der Waals surface area contributed by atoms with Crippen molar-refractivity contribution < 1.29 is 23.1 Å². The Labute approximate surface area is 88.2 Å². The summed E-state index contributed by atoms with van der Waals surface area (Å²) in [5.41, 5.74) is 0.221. The Morgan fingerprint density at radius 3 is 2.62 bits per heavy atom. The smallest absolute Gasteiger partial charge is 0.392 e. The van der Waals surface area contributed by atoms with Gasteiger partial charge in [0.15, 0.2) is 17.4 Å². The molecular formula is C10H5F2NO3. The second-order valence-corrected chi connectivity index (χ2v) is 2.96. The number of rotatable bonds is 2. The highest BCUT2D eigenvalue weighted by molar-refractivity contribution is 5.82. The van der Waals surface area contributed by atoms with E-state index in [9.17, 15) is 13.6 Å². The van der Waals surface area contributed by atoms with Crippen LogP contribution in [0, 0.1) is 11.6 Å². The molecule has 0 saturated carbocycles. The van der Waals surface area contributed by atoms with Crippen molar-refractivity contribution in [1.82, 2.24) is 4.98 Å². The molecule has 4 nitrogen and oxygen atoms in total. The van der Waals surface area contributed by atoms with Crippen molar-refractivity contribution in [3.63, 3.8) is 0 Å². The lowest BCUT2D eigenvalue weighted by Crippen LogP contribution is -1.94. The first-order chi connectivity index (χ1) is 7.58. The molecule has 0 radical (unpaired) electrons. The Morgan fingerprint density at radius 2 is 2.06 bits per heavy atom. The van der Waals surface area contributed by atoms with E-state index in [2.05, 4.69) is 4.98 Å². The number of hydrogen-bond acceptors (Lipinski definition) is 3. The Bertz CT molecular complexity index is 551. The molecule has 2 aromatic rings. The van der Waals surface area contributed by atoms with E-state index >= 15 is 0 Å². The van der Waals surface area contributed by atoms with Crippen molar-refractivity contribution in [3.8, 4) is 11.3 Å². The van der Waals surface area contributed by atoms with Crippen LogP contribution in [0.2, 0.25) is 0 Å². The molecule has 1 aromatic carbocycles. The Hall–Kier alpha value is -2.24. The van der Waals surface area contributed by atoms with Crippen LogP contribution in [0.25, 0.3) is 11.3 Å². The van der Waals surface area contributed by atoms with Crippen LogP contribution in [0.5, 0.6) is 0 Å². The van der Waals surface area contributed by atoms with Gasteiger partial charge in [0.2, 0.25) is 0 Å². The number of oxazole rings is 1. The summed E-state index contributed by atoms with van der Waals surface area (Å²) in [6, 6.07) is 3.10. The van der Waals surface area contributed by atoms with Gasteiger partial charge in [-0.3, -0.25) is 0 Å². The second-order valence-electron chi connectivity index (χ2n) is 2.96. The first-order valence-corrected chi connectivity index (χ1v) is 4.22. The molecule has 2 rings (SSSR count). The molecule has 1 heterocycles. The van der Waals surface area contributed by atoms with Crippen LogP contribution in [0.3, 0.4) is 0 Å². The fourth-order valence-corrected chi connectivity index (χ4v) is 1.16. The number of hydrogen-bond donors (Lipinski definition) is 1. The van der Waals surface area contributed by atoms with Gasteiger partial charge in [-0.25, -0.2) is 18.6 Å². The summed E-state index contributed by atoms with van der Waals surface area (Å²) < 4.78 is 30.3. The minimum absolute atomic E-state index is 0.0660. The quantitative estimate of drug-likeness (QED) is 0.851. The van der Waals surface area contributed by atoms with Crippen LogP contribution in [0.1, 0.15) is 10.7 Å². The third-order valence-electron chi connectivity index (χ3n) is 1.89. The topological polar surface area (TPSA) is 63.3 Å². The molecular weight excluding hydrogens is 220 g/mol. The number of benzene rings is 1. The van der Waals surface area contributed by atoms with Crippen molar-refractivity contribution in [2.75, 3.05) is 0 Å². The Kier molecular flexibility index (Phi) is 2.40. The van der Waals surface area contributed by atoms with E-state index in [0.717, 1.165) is 18.3 Å². The van der Waals surface area contributed by atoms with Gasteiger partial charge in [0.05, 0.1) is 6.20 Å². The van der Waals surface area contributed by atoms with Crippen molar-refractivity contribution in [1.29, 1.82) is 0 Å². The first-order valence-electron chi connectivity index (χ1n) is 4.22. The lowest BCUT2D eigenvalue weighted by atomic mass is 10.2. The molecule has 0 saturated heterocycles. The molecule has 0 aliphatic rings. The molecule has 0 atom stereocenters. The Morgan fingerprint density at radius 1 is 1.31 bits per heavy atom. The highest BCUT2D eigenvalue weighted by atomic mass is 19.2. The van der Waals surface area contributed by atoms with Gasteiger partial charge in [0.25, 0.3) is 0 Å². The van der Waals surface area contributed by atoms with E-state index in [-0.39, 0.29) is 11.3 Å². The maximum atomic E-state index is 12.9. The molecule has 0 aliphatic heterocycles. The van der Waals surface area contributed by atoms with Gasteiger partial charge in [0, 0.05) is 5.56 Å². The maximum Gasteiger partial charge on any atom is 0.392 e. The van der Waals surface area contributed by atoms with E-state index in [1.807, 2.05) is 0 Å². The number of nitrogens with zero attached hydrogens (tertiary/aromatic N) is 1. The molecule has 0 unspecified atom stereocenters. The number of halogens is 2. The summed E-state index contributed by atoms with van der Waals surface area (Å²) in [5.74, 6) is -3.78. The van der Waals surface area contributed by atoms with Crippen LogP contribution >= 0.6 is 0 Å². The van der Waals surface area contributed by atoms with Gasteiger partial charge < -0.3 is 9.52 Å². The largest absolute Gasteiger partial charge is 0.474 e. The van der Waals surface area contributed by atoms with Gasteiger partial charge in [-0.15, -0.1) is 0 Å². The summed E-state index contributed by atoms with van der Waals surface area (Å²) in [7, 11) is 0. The molecule has 0 amide bonds. The van der Waals surface area contributed by atoms with Gasteiger partial charge in [-0.2, -0.15) is 0 Å². The SMILES string of the molecule is O=C(O)c1ncc(-c2ccc(F)c(F)c2)o1. The highest BCUT2D eigenvalue weighted by Crippen LogP contribution is 2.22. The molecule has 0 bridgehead atoms. The summed E-state index contributed by atoms with van der Waals surface area (Å²) >= 11 is 0. The number of carboxylic acid groups (broad SMARTS) is 1. The Balaban J connectivity index is 2.42. The standard InChI is InChI=1S/C10H5F2NO3/c11-6-2-1-5(3-7(6)12)8-4-13-9(16-8)10(14)15/h1-4H,(H,14,15). The average Bonchev–Trinajstić information content (AvgIpc) is 2.71. The molecule has 1 aromatic heterocycles. The minimum atomic E-state index is -1.33. The summed E-state index contributed by atoms with van der Waals surface area (Å²) in [6.07, 6.45) is 1.14. The maximum absolute atomic E-state index is 12.9. The van der Waals surface area contributed by atoms with Crippen molar-refractivity contribution in [2.45, 2.75) is 0 Å². The summed E-state index contributed by atoms with van der Waals surface area (Å²) in [4.78, 5) is 13.9. The second kappa shape index (κ2) is 3.73. The lowest BCUT2D eigenvalue weighted by molar-refractivity contribution is 0.0654. The van der Waals surface area contributed by atoms with E-state index < -0.39 is 23.5 Å². The van der Waals surface area contributed by atoms with Crippen molar-refractivity contribution in [2.24, 2.45) is 0 Å². The van der Waals surface area contributed by atoms with E-state index in [0.29, 0.717) is 0 Å². The van der Waals surface area contributed by atoms with E-state index in [4.69, 9.17) is 9.52 Å². The number of aromatic nitrogens is 1.